The molecule has 1 unspecified atom stereocenters. The molecule has 0 heterocycles. The van der Waals surface area contributed by atoms with Crippen molar-refractivity contribution in [1.82, 2.24) is 0 Å². The molecule has 14 heavy (non-hydrogen) atoms. The lowest BCUT2D eigenvalue weighted by molar-refractivity contribution is -0.122. The number of hydrogen-bond donors (Lipinski definition) is 2. The van der Waals surface area contributed by atoms with E-state index in [1.807, 2.05) is 0 Å². The van der Waals surface area contributed by atoms with Gasteiger partial charge in [-0.3, -0.25) is 4.79 Å². The second kappa shape index (κ2) is 6.02. The molecule has 0 radical (unpaired) electrons. The smallest absolute Gasteiger partial charge is 0.221 e. The molecule has 1 saturated carbocycles. The number of carbonyl (C=O) groups excluding carboxylic acids is 1. The first kappa shape index (κ1) is 11.5. The SMILES string of the molecule is NCC(CC1CCCCCC1)C(N)=O. The van der Waals surface area contributed by atoms with Crippen LogP contribution in [0.25, 0.3) is 0 Å². The van der Waals surface area contributed by atoms with E-state index in [4.69, 9.17) is 11.5 Å². The lowest BCUT2D eigenvalue weighted by Crippen LogP contribution is -2.31. The van der Waals surface area contributed by atoms with Gasteiger partial charge in [0.25, 0.3) is 0 Å². The van der Waals surface area contributed by atoms with E-state index in [-0.39, 0.29) is 11.8 Å². The van der Waals surface area contributed by atoms with Crippen molar-refractivity contribution >= 4 is 5.91 Å². The van der Waals surface area contributed by atoms with Crippen LogP contribution in [-0.2, 0) is 4.79 Å². The highest BCUT2D eigenvalue weighted by molar-refractivity contribution is 5.76. The van der Waals surface area contributed by atoms with Crippen LogP contribution in [0.3, 0.4) is 0 Å². The predicted octanol–water partition coefficient (Wildman–Crippen LogP) is 1.41. The molecule has 0 aromatic carbocycles. The number of primary amides is 1. The summed E-state index contributed by atoms with van der Waals surface area (Å²) < 4.78 is 0. The summed E-state index contributed by atoms with van der Waals surface area (Å²) in [5, 5.41) is 0. The molecule has 3 heteroatoms. The maximum atomic E-state index is 11.0. The van der Waals surface area contributed by atoms with E-state index in [2.05, 4.69) is 0 Å². The predicted molar refractivity (Wildman–Crippen MR) is 57.5 cm³/mol. The Morgan fingerprint density at radius 1 is 1.21 bits per heavy atom. The standard InChI is InChI=1S/C11H22N2O/c12-8-10(11(13)14)7-9-5-3-1-2-4-6-9/h9-10H,1-8,12H2,(H2,13,14). The zero-order valence-electron chi connectivity index (χ0n) is 8.87. The van der Waals surface area contributed by atoms with Crippen molar-refractivity contribution in [3.63, 3.8) is 0 Å². The molecular formula is C11H22N2O. The molecular weight excluding hydrogens is 176 g/mol. The Kier molecular flexibility index (Phi) is 4.94. The summed E-state index contributed by atoms with van der Waals surface area (Å²) >= 11 is 0. The minimum atomic E-state index is -0.225. The van der Waals surface area contributed by atoms with E-state index in [1.165, 1.54) is 38.5 Å². The van der Waals surface area contributed by atoms with E-state index in [0.717, 1.165) is 6.42 Å². The fourth-order valence-corrected chi connectivity index (χ4v) is 2.33. The average molecular weight is 198 g/mol. The Bertz CT molecular complexity index is 174. The molecule has 1 rings (SSSR count). The molecule has 0 bridgehead atoms. The van der Waals surface area contributed by atoms with Gasteiger partial charge in [-0.1, -0.05) is 38.5 Å². The Labute approximate surface area is 86.2 Å². The monoisotopic (exact) mass is 198 g/mol. The van der Waals surface area contributed by atoms with Gasteiger partial charge in [-0.05, 0) is 12.3 Å². The van der Waals surface area contributed by atoms with Crippen molar-refractivity contribution in [3.05, 3.63) is 0 Å². The van der Waals surface area contributed by atoms with Gasteiger partial charge < -0.3 is 11.5 Å². The average Bonchev–Trinajstić information content (AvgIpc) is 2.41. The molecule has 0 aromatic heterocycles. The van der Waals surface area contributed by atoms with E-state index in [1.54, 1.807) is 0 Å². The van der Waals surface area contributed by atoms with Crippen LogP contribution in [0, 0.1) is 11.8 Å². The molecule has 82 valence electrons. The van der Waals surface area contributed by atoms with Crippen molar-refractivity contribution in [2.45, 2.75) is 44.9 Å². The van der Waals surface area contributed by atoms with Crippen LogP contribution in [0.4, 0.5) is 0 Å². The van der Waals surface area contributed by atoms with Gasteiger partial charge in [-0.25, -0.2) is 0 Å². The summed E-state index contributed by atoms with van der Waals surface area (Å²) in [6, 6.07) is 0. The normalized spacial score (nSPS) is 21.5. The van der Waals surface area contributed by atoms with Crippen LogP contribution in [0.15, 0.2) is 0 Å². The topological polar surface area (TPSA) is 69.1 Å². The zero-order valence-corrected chi connectivity index (χ0v) is 8.87. The number of nitrogens with two attached hydrogens (primary N) is 2. The van der Waals surface area contributed by atoms with Gasteiger partial charge in [0, 0.05) is 6.54 Å². The number of carbonyl (C=O) groups is 1. The molecule has 1 amide bonds. The lowest BCUT2D eigenvalue weighted by atomic mass is 9.88. The minimum absolute atomic E-state index is 0.0990. The molecule has 3 nitrogen and oxygen atoms in total. The van der Waals surface area contributed by atoms with Crippen molar-refractivity contribution in [3.8, 4) is 0 Å². The third-order valence-corrected chi connectivity index (χ3v) is 3.28. The Morgan fingerprint density at radius 3 is 2.21 bits per heavy atom. The highest BCUT2D eigenvalue weighted by Crippen LogP contribution is 2.27. The molecule has 0 aliphatic heterocycles. The molecule has 1 atom stereocenters. The van der Waals surface area contributed by atoms with Crippen LogP contribution in [-0.4, -0.2) is 12.5 Å². The van der Waals surface area contributed by atoms with Crippen molar-refractivity contribution in [2.24, 2.45) is 23.3 Å². The second-order valence-corrected chi connectivity index (χ2v) is 4.43. The van der Waals surface area contributed by atoms with Gasteiger partial charge in [0.2, 0.25) is 5.91 Å². The third-order valence-electron chi connectivity index (χ3n) is 3.28. The zero-order chi connectivity index (χ0) is 10.4. The molecule has 1 fully saturated rings. The molecule has 1 aliphatic carbocycles. The molecule has 0 aromatic rings. The largest absolute Gasteiger partial charge is 0.369 e. The first-order valence-electron chi connectivity index (χ1n) is 5.73. The van der Waals surface area contributed by atoms with E-state index in [9.17, 15) is 4.79 Å². The molecule has 4 N–H and O–H groups in total. The van der Waals surface area contributed by atoms with Gasteiger partial charge in [-0.2, -0.15) is 0 Å². The van der Waals surface area contributed by atoms with E-state index in [0.29, 0.717) is 12.5 Å². The van der Waals surface area contributed by atoms with Crippen molar-refractivity contribution in [1.29, 1.82) is 0 Å². The summed E-state index contributed by atoms with van der Waals surface area (Å²) in [4.78, 5) is 11.0. The molecule has 0 saturated heterocycles. The van der Waals surface area contributed by atoms with E-state index >= 15 is 0 Å². The van der Waals surface area contributed by atoms with Gasteiger partial charge in [0.05, 0.1) is 5.92 Å². The maximum Gasteiger partial charge on any atom is 0.221 e. The van der Waals surface area contributed by atoms with Gasteiger partial charge in [0.15, 0.2) is 0 Å². The Hall–Kier alpha value is -0.570. The van der Waals surface area contributed by atoms with Crippen LogP contribution >= 0.6 is 0 Å². The van der Waals surface area contributed by atoms with Crippen LogP contribution in [0.1, 0.15) is 44.9 Å². The fourth-order valence-electron chi connectivity index (χ4n) is 2.33. The second-order valence-electron chi connectivity index (χ2n) is 4.43. The van der Waals surface area contributed by atoms with Crippen LogP contribution in [0.2, 0.25) is 0 Å². The Morgan fingerprint density at radius 2 is 1.79 bits per heavy atom. The number of rotatable bonds is 4. The lowest BCUT2D eigenvalue weighted by Gasteiger charge is -2.18. The summed E-state index contributed by atoms with van der Waals surface area (Å²) in [7, 11) is 0. The van der Waals surface area contributed by atoms with Crippen LogP contribution < -0.4 is 11.5 Å². The quantitative estimate of drug-likeness (QED) is 0.670. The highest BCUT2D eigenvalue weighted by Gasteiger charge is 2.20. The first-order valence-corrected chi connectivity index (χ1v) is 5.73. The number of amides is 1. The van der Waals surface area contributed by atoms with E-state index < -0.39 is 0 Å². The molecule has 1 aliphatic rings. The Balaban J connectivity index is 2.35. The molecule has 0 spiro atoms. The summed E-state index contributed by atoms with van der Waals surface area (Å²) in [5.74, 6) is 0.355. The van der Waals surface area contributed by atoms with Gasteiger partial charge in [-0.15, -0.1) is 0 Å². The minimum Gasteiger partial charge on any atom is -0.369 e. The fraction of sp³-hybridized carbons (Fsp3) is 0.909. The number of hydrogen-bond acceptors (Lipinski definition) is 2. The summed E-state index contributed by atoms with van der Waals surface area (Å²) in [6.45, 7) is 0.409. The first-order chi connectivity index (χ1) is 6.74. The third kappa shape index (κ3) is 3.66. The van der Waals surface area contributed by atoms with Crippen LogP contribution in [0.5, 0.6) is 0 Å². The summed E-state index contributed by atoms with van der Waals surface area (Å²) in [6.07, 6.45) is 8.72. The van der Waals surface area contributed by atoms with Crippen molar-refractivity contribution in [2.75, 3.05) is 6.54 Å². The van der Waals surface area contributed by atoms with Gasteiger partial charge in [0.1, 0.15) is 0 Å². The van der Waals surface area contributed by atoms with Gasteiger partial charge >= 0.3 is 0 Å². The summed E-state index contributed by atoms with van der Waals surface area (Å²) in [5.41, 5.74) is 10.8. The van der Waals surface area contributed by atoms with Crippen molar-refractivity contribution < 1.29 is 4.79 Å². The maximum absolute atomic E-state index is 11.0. The highest BCUT2D eigenvalue weighted by atomic mass is 16.1.